The predicted molar refractivity (Wildman–Crippen MR) is 73.2 cm³/mol. The molecule has 0 saturated carbocycles. The largest absolute Gasteiger partial charge is 0.493 e. The van der Waals surface area contributed by atoms with Gasteiger partial charge in [0.1, 0.15) is 11.6 Å². The summed E-state index contributed by atoms with van der Waals surface area (Å²) in [5, 5.41) is 11.9. The predicted octanol–water partition coefficient (Wildman–Crippen LogP) is 2.46. The zero-order valence-corrected chi connectivity index (χ0v) is 11.8. The molecule has 0 aliphatic heterocycles. The lowest BCUT2D eigenvalue weighted by Crippen LogP contribution is -2.08. The van der Waals surface area contributed by atoms with Crippen LogP contribution in [0.25, 0.3) is 0 Å². The first-order valence-electron chi connectivity index (χ1n) is 6.37. The second-order valence-electron chi connectivity index (χ2n) is 4.13. The fraction of sp³-hybridized carbons (Fsp3) is 0.500. The van der Waals surface area contributed by atoms with E-state index < -0.39 is 5.82 Å². The molecule has 0 bridgehead atoms. The Morgan fingerprint density at radius 3 is 2.75 bits per heavy atom. The molecule has 0 unspecified atom stereocenters. The molecule has 0 heterocycles. The average Bonchev–Trinajstić information content (AvgIpc) is 2.45. The van der Waals surface area contributed by atoms with Gasteiger partial charge in [-0.3, -0.25) is 0 Å². The van der Waals surface area contributed by atoms with Crippen LogP contribution in [0.5, 0.6) is 5.75 Å². The summed E-state index contributed by atoms with van der Waals surface area (Å²) in [6.07, 6.45) is 0.676. The summed E-state index contributed by atoms with van der Waals surface area (Å²) in [4.78, 5) is 0. The lowest BCUT2D eigenvalue weighted by atomic mass is 10.1. The van der Waals surface area contributed by atoms with Gasteiger partial charge in [0.2, 0.25) is 0 Å². The minimum atomic E-state index is -0.397. The van der Waals surface area contributed by atoms with Crippen molar-refractivity contribution in [2.45, 2.75) is 13.3 Å². The maximum absolute atomic E-state index is 13.2. The second-order valence-corrected chi connectivity index (χ2v) is 4.13. The molecule has 20 heavy (non-hydrogen) atoms. The third kappa shape index (κ3) is 5.54. The molecule has 1 aromatic carbocycles. The van der Waals surface area contributed by atoms with Crippen molar-refractivity contribution in [2.75, 3.05) is 33.5 Å². The molecule has 5 nitrogen and oxygen atoms in total. The Hall–Kier alpha value is -1.66. The summed E-state index contributed by atoms with van der Waals surface area (Å²) in [5.74, 6) is -0.0389. The topological polar surface area (TPSA) is 60.3 Å². The SMILES string of the molecule is COCCOCCCOc1cc(F)ccc1/C(C)=N/O. The minimum Gasteiger partial charge on any atom is -0.493 e. The highest BCUT2D eigenvalue weighted by atomic mass is 19.1. The first-order chi connectivity index (χ1) is 9.69. The normalized spacial score (nSPS) is 11.7. The molecule has 6 heteroatoms. The summed E-state index contributed by atoms with van der Waals surface area (Å²) in [6.45, 7) is 3.65. The van der Waals surface area contributed by atoms with Crippen molar-refractivity contribution in [2.24, 2.45) is 5.16 Å². The van der Waals surface area contributed by atoms with E-state index in [0.29, 0.717) is 49.9 Å². The summed E-state index contributed by atoms with van der Waals surface area (Å²) in [5.41, 5.74) is 0.936. The quantitative estimate of drug-likeness (QED) is 0.328. The van der Waals surface area contributed by atoms with E-state index in [-0.39, 0.29) is 0 Å². The van der Waals surface area contributed by atoms with E-state index >= 15 is 0 Å². The first-order valence-corrected chi connectivity index (χ1v) is 6.37. The lowest BCUT2D eigenvalue weighted by molar-refractivity contribution is 0.0644. The summed E-state index contributed by atoms with van der Waals surface area (Å²) in [6, 6.07) is 4.09. The summed E-state index contributed by atoms with van der Waals surface area (Å²) in [7, 11) is 1.61. The first kappa shape index (κ1) is 16.4. The van der Waals surface area contributed by atoms with E-state index in [2.05, 4.69) is 5.16 Å². The summed E-state index contributed by atoms with van der Waals surface area (Å²) < 4.78 is 28.9. The minimum absolute atomic E-state index is 0.359. The van der Waals surface area contributed by atoms with E-state index in [9.17, 15) is 4.39 Å². The van der Waals surface area contributed by atoms with Crippen LogP contribution in [-0.2, 0) is 9.47 Å². The molecular formula is C14H20FNO4. The van der Waals surface area contributed by atoms with Gasteiger partial charge in [0.25, 0.3) is 0 Å². The monoisotopic (exact) mass is 285 g/mol. The van der Waals surface area contributed by atoms with Crippen molar-refractivity contribution in [3.05, 3.63) is 29.6 Å². The van der Waals surface area contributed by atoms with Gasteiger partial charge in [-0.2, -0.15) is 0 Å². The highest BCUT2D eigenvalue weighted by Crippen LogP contribution is 2.21. The molecule has 0 aliphatic rings. The Kier molecular flexibility index (Phi) is 7.60. The van der Waals surface area contributed by atoms with Crippen molar-refractivity contribution in [3.63, 3.8) is 0 Å². The van der Waals surface area contributed by atoms with Crippen LogP contribution < -0.4 is 4.74 Å². The molecular weight excluding hydrogens is 265 g/mol. The number of ether oxygens (including phenoxy) is 3. The zero-order valence-electron chi connectivity index (χ0n) is 11.8. The number of methoxy groups -OCH3 is 1. The molecule has 0 aliphatic carbocycles. The Balaban J connectivity index is 2.44. The number of oxime groups is 1. The molecule has 1 rings (SSSR count). The molecule has 1 aromatic rings. The third-order valence-corrected chi connectivity index (χ3v) is 2.61. The molecule has 0 amide bonds. The van der Waals surface area contributed by atoms with Gasteiger partial charge < -0.3 is 19.4 Å². The van der Waals surface area contributed by atoms with Crippen molar-refractivity contribution in [3.8, 4) is 5.75 Å². The second kappa shape index (κ2) is 9.28. The molecule has 0 aromatic heterocycles. The molecule has 1 N–H and O–H groups in total. The molecule has 0 radical (unpaired) electrons. The van der Waals surface area contributed by atoms with Crippen LogP contribution in [0, 0.1) is 5.82 Å². The fourth-order valence-corrected chi connectivity index (χ4v) is 1.56. The summed E-state index contributed by atoms with van der Waals surface area (Å²) >= 11 is 0. The molecule has 0 fully saturated rings. The average molecular weight is 285 g/mol. The van der Waals surface area contributed by atoms with Crippen LogP contribution in [0.3, 0.4) is 0 Å². The van der Waals surface area contributed by atoms with E-state index in [4.69, 9.17) is 19.4 Å². The maximum Gasteiger partial charge on any atom is 0.131 e. The van der Waals surface area contributed by atoms with Crippen LogP contribution in [0.1, 0.15) is 18.9 Å². The van der Waals surface area contributed by atoms with Crippen molar-refractivity contribution in [1.29, 1.82) is 0 Å². The Bertz CT molecular complexity index is 437. The van der Waals surface area contributed by atoms with E-state index in [1.54, 1.807) is 14.0 Å². The Morgan fingerprint density at radius 1 is 1.25 bits per heavy atom. The number of rotatable bonds is 9. The molecule has 112 valence electrons. The Labute approximate surface area is 118 Å². The van der Waals surface area contributed by atoms with Crippen LogP contribution in [0.2, 0.25) is 0 Å². The highest BCUT2D eigenvalue weighted by Gasteiger charge is 2.08. The van der Waals surface area contributed by atoms with Crippen molar-refractivity contribution in [1.82, 2.24) is 0 Å². The number of halogens is 1. The third-order valence-electron chi connectivity index (χ3n) is 2.61. The van der Waals surface area contributed by atoms with Gasteiger partial charge in [-0.15, -0.1) is 0 Å². The standard InChI is InChI=1S/C14H20FNO4/c1-11(16-17)13-5-4-12(15)10-14(13)20-7-3-6-19-9-8-18-2/h4-5,10,17H,3,6-9H2,1-2H3/b16-11+. The molecule has 0 spiro atoms. The number of nitrogens with zero attached hydrogens (tertiary/aromatic N) is 1. The van der Waals surface area contributed by atoms with Crippen LogP contribution in [0.15, 0.2) is 23.4 Å². The van der Waals surface area contributed by atoms with E-state index in [0.717, 1.165) is 0 Å². The van der Waals surface area contributed by atoms with Gasteiger partial charge in [-0.1, -0.05) is 5.16 Å². The zero-order chi connectivity index (χ0) is 14.8. The van der Waals surface area contributed by atoms with Gasteiger partial charge in [0, 0.05) is 31.8 Å². The lowest BCUT2D eigenvalue weighted by Gasteiger charge is -2.11. The van der Waals surface area contributed by atoms with Gasteiger partial charge in [0.15, 0.2) is 0 Å². The van der Waals surface area contributed by atoms with Crippen LogP contribution in [-0.4, -0.2) is 44.5 Å². The van der Waals surface area contributed by atoms with Gasteiger partial charge in [0.05, 0.1) is 25.5 Å². The van der Waals surface area contributed by atoms with Gasteiger partial charge >= 0.3 is 0 Å². The molecule has 0 atom stereocenters. The Morgan fingerprint density at radius 2 is 2.05 bits per heavy atom. The van der Waals surface area contributed by atoms with Gasteiger partial charge in [-0.25, -0.2) is 4.39 Å². The number of hydrogen-bond acceptors (Lipinski definition) is 5. The van der Waals surface area contributed by atoms with E-state index in [1.807, 2.05) is 0 Å². The van der Waals surface area contributed by atoms with Crippen molar-refractivity contribution < 1.29 is 23.8 Å². The van der Waals surface area contributed by atoms with Crippen LogP contribution in [0.4, 0.5) is 4.39 Å². The van der Waals surface area contributed by atoms with E-state index in [1.165, 1.54) is 18.2 Å². The van der Waals surface area contributed by atoms with Gasteiger partial charge in [-0.05, 0) is 19.1 Å². The van der Waals surface area contributed by atoms with Crippen LogP contribution >= 0.6 is 0 Å². The highest BCUT2D eigenvalue weighted by molar-refractivity contribution is 6.00. The number of benzene rings is 1. The molecule has 0 saturated heterocycles. The smallest absolute Gasteiger partial charge is 0.131 e. The maximum atomic E-state index is 13.2. The van der Waals surface area contributed by atoms with Crippen molar-refractivity contribution >= 4 is 5.71 Å². The number of hydrogen-bond donors (Lipinski definition) is 1. The fourth-order valence-electron chi connectivity index (χ4n) is 1.56.